The summed E-state index contributed by atoms with van der Waals surface area (Å²) in [5, 5.41) is 12.4. The summed E-state index contributed by atoms with van der Waals surface area (Å²) in [6, 6.07) is 0. The predicted octanol–water partition coefficient (Wildman–Crippen LogP) is 0.475. The van der Waals surface area contributed by atoms with E-state index in [9.17, 15) is 0 Å². The van der Waals surface area contributed by atoms with Crippen molar-refractivity contribution in [3.05, 3.63) is 0 Å². The Morgan fingerprint density at radius 1 is 1.31 bits per heavy atom. The van der Waals surface area contributed by atoms with Crippen molar-refractivity contribution >= 4 is 0 Å². The first-order chi connectivity index (χ1) is 7.26. The third-order valence-electron chi connectivity index (χ3n) is 3.08. The van der Waals surface area contributed by atoms with Crippen molar-refractivity contribution < 1.29 is 5.11 Å². The second kappa shape index (κ2) is 4.98. The maximum absolute atomic E-state index is 8.92. The summed E-state index contributed by atoms with van der Waals surface area (Å²) >= 11 is 0. The fraction of sp³-hybridized carbons (Fsp3) is 1.00. The summed E-state index contributed by atoms with van der Waals surface area (Å²) in [5.74, 6) is 5.91. The van der Waals surface area contributed by atoms with Crippen molar-refractivity contribution in [2.45, 2.75) is 46.1 Å². The number of rotatable bonds is 3. The van der Waals surface area contributed by atoms with Crippen molar-refractivity contribution in [2.24, 2.45) is 11.3 Å². The van der Waals surface area contributed by atoms with Gasteiger partial charge in [-0.25, -0.2) is 5.43 Å². The SMILES string of the molecule is CC1(C)CCC(C)(C)NN(N(N)CCO)C1. The van der Waals surface area contributed by atoms with Gasteiger partial charge in [0, 0.05) is 12.1 Å². The molecule has 4 N–H and O–H groups in total. The minimum absolute atomic E-state index is 0.0425. The van der Waals surface area contributed by atoms with E-state index in [1.165, 1.54) is 0 Å². The number of nitrogens with zero attached hydrogens (tertiary/aromatic N) is 2. The topological polar surface area (TPSA) is 64.8 Å². The van der Waals surface area contributed by atoms with Crippen molar-refractivity contribution in [3.8, 4) is 0 Å². The summed E-state index contributed by atoms with van der Waals surface area (Å²) in [5.41, 5.74) is 3.69. The molecule has 1 rings (SSSR count). The van der Waals surface area contributed by atoms with E-state index >= 15 is 0 Å². The number of nitrogens with two attached hydrogens (primary N) is 1. The number of hydrazine groups is 3. The van der Waals surface area contributed by atoms with Crippen LogP contribution in [-0.2, 0) is 0 Å². The molecule has 0 unspecified atom stereocenters. The van der Waals surface area contributed by atoms with Crippen molar-refractivity contribution in [2.75, 3.05) is 19.7 Å². The fourth-order valence-electron chi connectivity index (χ4n) is 1.96. The molecule has 1 fully saturated rings. The lowest BCUT2D eigenvalue weighted by Gasteiger charge is -2.37. The van der Waals surface area contributed by atoms with Crippen molar-refractivity contribution in [3.63, 3.8) is 0 Å². The highest BCUT2D eigenvalue weighted by molar-refractivity contribution is 4.85. The molecule has 5 heteroatoms. The Bertz CT molecular complexity index is 212. The molecule has 1 aliphatic rings. The number of nitrogens with one attached hydrogen (secondary N) is 1. The van der Waals surface area contributed by atoms with Gasteiger partial charge in [-0.3, -0.25) is 5.84 Å². The first kappa shape index (κ1) is 13.9. The Kier molecular flexibility index (Phi) is 4.31. The molecule has 0 atom stereocenters. The van der Waals surface area contributed by atoms with Crippen LogP contribution in [0.3, 0.4) is 0 Å². The van der Waals surface area contributed by atoms with Crippen LogP contribution in [0.5, 0.6) is 0 Å². The molecule has 5 nitrogen and oxygen atoms in total. The van der Waals surface area contributed by atoms with Gasteiger partial charge in [-0.15, -0.1) is 0 Å². The van der Waals surface area contributed by atoms with Gasteiger partial charge in [0.05, 0.1) is 13.2 Å². The Labute approximate surface area is 98.5 Å². The second-order valence-corrected chi connectivity index (χ2v) is 6.10. The first-order valence-electron chi connectivity index (χ1n) is 5.94. The van der Waals surface area contributed by atoms with E-state index in [1.54, 1.807) is 5.12 Å². The van der Waals surface area contributed by atoms with Gasteiger partial charge in [0.15, 0.2) is 0 Å². The van der Waals surface area contributed by atoms with E-state index in [4.69, 9.17) is 10.9 Å². The van der Waals surface area contributed by atoms with E-state index in [0.29, 0.717) is 6.54 Å². The number of hydrogen-bond acceptors (Lipinski definition) is 5. The summed E-state index contributed by atoms with van der Waals surface area (Å²) in [4.78, 5) is 0. The van der Waals surface area contributed by atoms with Crippen LogP contribution in [0.15, 0.2) is 0 Å². The number of aliphatic hydroxyl groups is 1. The third-order valence-corrected chi connectivity index (χ3v) is 3.08. The molecule has 16 heavy (non-hydrogen) atoms. The summed E-state index contributed by atoms with van der Waals surface area (Å²) in [6.07, 6.45) is 2.28. The molecule has 0 aromatic rings. The molecule has 0 radical (unpaired) electrons. The quantitative estimate of drug-likeness (QED) is 0.486. The lowest BCUT2D eigenvalue weighted by molar-refractivity contribution is -0.109. The van der Waals surface area contributed by atoms with E-state index in [1.807, 2.05) is 5.12 Å². The summed E-state index contributed by atoms with van der Waals surface area (Å²) in [6.45, 7) is 10.2. The van der Waals surface area contributed by atoms with Crippen molar-refractivity contribution in [1.82, 2.24) is 15.7 Å². The van der Waals surface area contributed by atoms with Crippen LogP contribution in [0, 0.1) is 5.41 Å². The van der Waals surface area contributed by atoms with Gasteiger partial charge < -0.3 is 5.11 Å². The summed E-state index contributed by atoms with van der Waals surface area (Å²) < 4.78 is 0. The lowest BCUT2D eigenvalue weighted by atomic mass is 9.84. The minimum atomic E-state index is 0.0425. The largest absolute Gasteiger partial charge is 0.395 e. The Morgan fingerprint density at radius 3 is 2.50 bits per heavy atom. The standard InChI is InChI=1S/C11H26N4O/c1-10(2)5-6-11(3,4)13-15(9-10)14(12)7-8-16/h13,16H,5-9,12H2,1-4H3. The van der Waals surface area contributed by atoms with Crippen LogP contribution in [-0.4, -0.2) is 40.6 Å². The average Bonchev–Trinajstić information content (AvgIpc) is 2.24. The van der Waals surface area contributed by atoms with Crippen LogP contribution in [0.25, 0.3) is 0 Å². The highest BCUT2D eigenvalue weighted by Gasteiger charge is 2.34. The zero-order valence-electron chi connectivity index (χ0n) is 11.0. The Balaban J connectivity index is 2.73. The Hall–Kier alpha value is -0.200. The van der Waals surface area contributed by atoms with E-state index in [-0.39, 0.29) is 17.6 Å². The van der Waals surface area contributed by atoms with Gasteiger partial charge in [0.2, 0.25) is 0 Å². The molecule has 0 aromatic heterocycles. The van der Waals surface area contributed by atoms with Crippen LogP contribution in [0.2, 0.25) is 0 Å². The minimum Gasteiger partial charge on any atom is -0.395 e. The smallest absolute Gasteiger partial charge is 0.0587 e. The molecule has 0 spiro atoms. The molecule has 0 aromatic carbocycles. The molecular formula is C11H26N4O. The molecule has 1 heterocycles. The normalized spacial score (nSPS) is 25.7. The van der Waals surface area contributed by atoms with Gasteiger partial charge >= 0.3 is 0 Å². The highest BCUT2D eigenvalue weighted by atomic mass is 16.3. The van der Waals surface area contributed by atoms with Gasteiger partial charge in [0.1, 0.15) is 0 Å². The van der Waals surface area contributed by atoms with Gasteiger partial charge in [-0.05, 0) is 32.1 Å². The molecule has 1 saturated heterocycles. The molecule has 0 saturated carbocycles. The first-order valence-corrected chi connectivity index (χ1v) is 5.94. The van der Waals surface area contributed by atoms with E-state index in [0.717, 1.165) is 19.4 Å². The van der Waals surface area contributed by atoms with Gasteiger partial charge in [-0.1, -0.05) is 13.8 Å². The van der Waals surface area contributed by atoms with E-state index in [2.05, 4.69) is 33.1 Å². The number of aliphatic hydroxyl groups excluding tert-OH is 1. The predicted molar refractivity (Wildman–Crippen MR) is 64.9 cm³/mol. The molecule has 1 aliphatic heterocycles. The molecule has 0 bridgehead atoms. The molecular weight excluding hydrogens is 204 g/mol. The monoisotopic (exact) mass is 230 g/mol. The maximum atomic E-state index is 8.92. The fourth-order valence-corrected chi connectivity index (χ4v) is 1.96. The van der Waals surface area contributed by atoms with Gasteiger partial charge in [-0.2, -0.15) is 10.2 Å². The highest BCUT2D eigenvalue weighted by Crippen LogP contribution is 2.30. The molecule has 0 amide bonds. The second-order valence-electron chi connectivity index (χ2n) is 6.10. The molecule has 96 valence electrons. The van der Waals surface area contributed by atoms with Gasteiger partial charge in [0.25, 0.3) is 0 Å². The van der Waals surface area contributed by atoms with Crippen LogP contribution in [0.4, 0.5) is 0 Å². The lowest BCUT2D eigenvalue weighted by Crippen LogP contribution is -2.61. The molecule has 0 aliphatic carbocycles. The van der Waals surface area contributed by atoms with E-state index < -0.39 is 0 Å². The maximum Gasteiger partial charge on any atom is 0.0587 e. The third kappa shape index (κ3) is 3.99. The van der Waals surface area contributed by atoms with Crippen LogP contribution in [0.1, 0.15) is 40.5 Å². The zero-order chi connectivity index (χ0) is 12.4. The summed E-state index contributed by atoms with van der Waals surface area (Å²) in [7, 11) is 0. The Morgan fingerprint density at radius 2 is 1.94 bits per heavy atom. The van der Waals surface area contributed by atoms with Crippen LogP contribution < -0.4 is 11.3 Å². The average molecular weight is 230 g/mol. The number of hydrogen-bond donors (Lipinski definition) is 3. The van der Waals surface area contributed by atoms with Crippen LogP contribution >= 0.6 is 0 Å². The zero-order valence-corrected chi connectivity index (χ0v) is 11.0. The van der Waals surface area contributed by atoms with Crippen molar-refractivity contribution in [1.29, 1.82) is 0 Å².